The Morgan fingerprint density at radius 2 is 1.93 bits per heavy atom. The van der Waals surface area contributed by atoms with Crippen molar-refractivity contribution in [1.29, 1.82) is 0 Å². The van der Waals surface area contributed by atoms with Gasteiger partial charge in [0, 0.05) is 12.0 Å². The van der Waals surface area contributed by atoms with Crippen LogP contribution in [0, 0.1) is 0 Å². The molecule has 0 fully saturated rings. The minimum absolute atomic E-state index is 0.0750. The third kappa shape index (κ3) is 1.50. The summed E-state index contributed by atoms with van der Waals surface area (Å²) in [5, 5.41) is 0. The molecule has 1 aliphatic heterocycles. The van der Waals surface area contributed by atoms with Gasteiger partial charge < -0.3 is 11.5 Å². The van der Waals surface area contributed by atoms with Gasteiger partial charge in [-0.1, -0.05) is 0 Å². The SMILES string of the molecule is Nc1nc(N)c2c(n1)CCS(=O)(=O)C2. The molecule has 0 atom stereocenters. The van der Waals surface area contributed by atoms with Crippen molar-refractivity contribution in [3.8, 4) is 0 Å². The van der Waals surface area contributed by atoms with Gasteiger partial charge in [-0.05, 0) is 0 Å². The van der Waals surface area contributed by atoms with Crippen molar-refractivity contribution in [3.05, 3.63) is 11.3 Å². The zero-order chi connectivity index (χ0) is 10.3. The normalized spacial score (nSPS) is 18.9. The van der Waals surface area contributed by atoms with Crippen LogP contribution in [-0.4, -0.2) is 24.1 Å². The number of rotatable bonds is 0. The Balaban J connectivity index is 2.58. The summed E-state index contributed by atoms with van der Waals surface area (Å²) in [4.78, 5) is 7.69. The Morgan fingerprint density at radius 1 is 1.21 bits per heavy atom. The van der Waals surface area contributed by atoms with E-state index >= 15 is 0 Å². The number of fused-ring (bicyclic) bond motifs is 1. The molecule has 0 bridgehead atoms. The van der Waals surface area contributed by atoms with Crippen molar-refractivity contribution < 1.29 is 8.42 Å². The Hall–Kier alpha value is -1.37. The lowest BCUT2D eigenvalue weighted by Crippen LogP contribution is -2.22. The lowest BCUT2D eigenvalue weighted by atomic mass is 10.2. The van der Waals surface area contributed by atoms with Crippen LogP contribution in [0.4, 0.5) is 11.8 Å². The lowest BCUT2D eigenvalue weighted by molar-refractivity contribution is 0.590. The standard InChI is InChI=1S/C7H10N4O2S/c8-6-4-3-14(12,13)2-1-5(4)10-7(9)11-6/h1-3H2,(H4,8,9,10,11). The molecule has 2 rings (SSSR count). The highest BCUT2D eigenvalue weighted by Crippen LogP contribution is 2.23. The summed E-state index contributed by atoms with van der Waals surface area (Å²) >= 11 is 0. The molecular weight excluding hydrogens is 204 g/mol. The summed E-state index contributed by atoms with van der Waals surface area (Å²) in [7, 11) is -3.03. The third-order valence-corrected chi connectivity index (χ3v) is 3.71. The topological polar surface area (TPSA) is 112 Å². The van der Waals surface area contributed by atoms with Crippen molar-refractivity contribution in [2.24, 2.45) is 0 Å². The molecular formula is C7H10N4O2S. The van der Waals surface area contributed by atoms with Gasteiger partial charge in [0.1, 0.15) is 5.82 Å². The van der Waals surface area contributed by atoms with Crippen LogP contribution in [-0.2, 0) is 22.0 Å². The second-order valence-corrected chi connectivity index (χ2v) is 5.42. The number of hydrogen-bond acceptors (Lipinski definition) is 6. The first-order valence-electron chi connectivity index (χ1n) is 4.09. The van der Waals surface area contributed by atoms with E-state index in [9.17, 15) is 8.42 Å². The molecule has 6 nitrogen and oxygen atoms in total. The van der Waals surface area contributed by atoms with Crippen LogP contribution in [0.2, 0.25) is 0 Å². The van der Waals surface area contributed by atoms with Crippen molar-refractivity contribution in [2.75, 3.05) is 17.2 Å². The third-order valence-electron chi connectivity index (χ3n) is 2.16. The summed E-state index contributed by atoms with van der Waals surface area (Å²) in [6.45, 7) is 0. The van der Waals surface area contributed by atoms with Gasteiger partial charge in [0.2, 0.25) is 5.95 Å². The Bertz CT molecular complexity index is 483. The van der Waals surface area contributed by atoms with Crippen molar-refractivity contribution in [1.82, 2.24) is 9.97 Å². The van der Waals surface area contributed by atoms with Crippen molar-refractivity contribution >= 4 is 21.6 Å². The average Bonchev–Trinajstić information content (AvgIpc) is 2.06. The number of aryl methyl sites for hydroxylation is 1. The molecule has 2 heterocycles. The Labute approximate surface area is 81.3 Å². The van der Waals surface area contributed by atoms with Crippen LogP contribution in [0.5, 0.6) is 0 Å². The smallest absolute Gasteiger partial charge is 0.222 e. The number of sulfone groups is 1. The van der Waals surface area contributed by atoms with Crippen LogP contribution in [0.1, 0.15) is 11.3 Å². The quantitative estimate of drug-likeness (QED) is 0.579. The van der Waals surface area contributed by atoms with Gasteiger partial charge in [-0.25, -0.2) is 13.4 Å². The van der Waals surface area contributed by atoms with E-state index < -0.39 is 9.84 Å². The molecule has 0 radical (unpaired) electrons. The zero-order valence-corrected chi connectivity index (χ0v) is 8.21. The summed E-state index contributed by atoms with van der Waals surface area (Å²) in [5.74, 6) is 0.306. The molecule has 14 heavy (non-hydrogen) atoms. The van der Waals surface area contributed by atoms with Crippen molar-refractivity contribution in [3.63, 3.8) is 0 Å². The van der Waals surface area contributed by atoms with Crippen LogP contribution in [0.3, 0.4) is 0 Å². The van der Waals surface area contributed by atoms with E-state index in [1.807, 2.05) is 0 Å². The van der Waals surface area contributed by atoms with Crippen LogP contribution < -0.4 is 11.5 Å². The molecule has 4 N–H and O–H groups in total. The van der Waals surface area contributed by atoms with E-state index in [1.54, 1.807) is 0 Å². The number of nitrogens with zero attached hydrogens (tertiary/aromatic N) is 2. The lowest BCUT2D eigenvalue weighted by Gasteiger charge is -2.16. The molecule has 0 unspecified atom stereocenters. The molecule has 0 spiro atoms. The van der Waals surface area contributed by atoms with Gasteiger partial charge in [-0.3, -0.25) is 0 Å². The molecule has 0 aromatic carbocycles. The zero-order valence-electron chi connectivity index (χ0n) is 7.40. The maximum absolute atomic E-state index is 11.3. The summed E-state index contributed by atoms with van der Waals surface area (Å²) < 4.78 is 22.6. The fraction of sp³-hybridized carbons (Fsp3) is 0.429. The Kier molecular flexibility index (Phi) is 1.84. The minimum atomic E-state index is -3.03. The van der Waals surface area contributed by atoms with E-state index in [1.165, 1.54) is 0 Å². The number of nitrogen functional groups attached to an aromatic ring is 2. The van der Waals surface area contributed by atoms with Gasteiger partial charge in [-0.2, -0.15) is 4.98 Å². The minimum Gasteiger partial charge on any atom is -0.383 e. The largest absolute Gasteiger partial charge is 0.383 e. The monoisotopic (exact) mass is 214 g/mol. The molecule has 1 aromatic rings. The van der Waals surface area contributed by atoms with Gasteiger partial charge in [0.15, 0.2) is 9.84 Å². The predicted molar refractivity (Wildman–Crippen MR) is 52.1 cm³/mol. The van der Waals surface area contributed by atoms with Crippen molar-refractivity contribution in [2.45, 2.75) is 12.2 Å². The highest BCUT2D eigenvalue weighted by Gasteiger charge is 2.25. The summed E-state index contributed by atoms with van der Waals surface area (Å²) in [6.07, 6.45) is 0.370. The van der Waals surface area contributed by atoms with Crippen LogP contribution in [0.15, 0.2) is 0 Å². The molecule has 1 aromatic heterocycles. The fourth-order valence-corrected chi connectivity index (χ4v) is 2.88. The number of nitrogens with two attached hydrogens (primary N) is 2. The molecule has 0 amide bonds. The van der Waals surface area contributed by atoms with E-state index in [0.29, 0.717) is 17.7 Å². The Morgan fingerprint density at radius 3 is 2.64 bits per heavy atom. The first-order chi connectivity index (χ1) is 6.48. The maximum Gasteiger partial charge on any atom is 0.222 e. The first kappa shape index (κ1) is 9.20. The molecule has 0 saturated carbocycles. The molecule has 0 saturated heterocycles. The molecule has 7 heteroatoms. The van der Waals surface area contributed by atoms with Gasteiger partial charge in [0.25, 0.3) is 0 Å². The van der Waals surface area contributed by atoms with Gasteiger partial charge >= 0.3 is 0 Å². The van der Waals surface area contributed by atoms with E-state index in [-0.39, 0.29) is 23.3 Å². The van der Waals surface area contributed by atoms with Crippen LogP contribution in [0.25, 0.3) is 0 Å². The van der Waals surface area contributed by atoms with Gasteiger partial charge in [0.05, 0.1) is 17.2 Å². The maximum atomic E-state index is 11.3. The highest BCUT2D eigenvalue weighted by atomic mass is 32.2. The molecule has 76 valence electrons. The van der Waals surface area contributed by atoms with E-state index in [4.69, 9.17) is 11.5 Å². The van der Waals surface area contributed by atoms with E-state index in [0.717, 1.165) is 0 Å². The average molecular weight is 214 g/mol. The second kappa shape index (κ2) is 2.81. The van der Waals surface area contributed by atoms with Gasteiger partial charge in [-0.15, -0.1) is 0 Å². The molecule has 0 aliphatic carbocycles. The second-order valence-electron chi connectivity index (χ2n) is 3.23. The number of anilines is 2. The predicted octanol–water partition coefficient (Wildman–Crippen LogP) is -0.888. The van der Waals surface area contributed by atoms with Crippen LogP contribution >= 0.6 is 0 Å². The number of hydrogen-bond donors (Lipinski definition) is 2. The summed E-state index contributed by atoms with van der Waals surface area (Å²) in [6, 6.07) is 0. The summed E-state index contributed by atoms with van der Waals surface area (Å²) in [5.41, 5.74) is 12.1. The highest BCUT2D eigenvalue weighted by molar-refractivity contribution is 7.90. The molecule has 1 aliphatic rings. The number of aromatic nitrogens is 2. The fourth-order valence-electron chi connectivity index (χ4n) is 1.48. The first-order valence-corrected chi connectivity index (χ1v) is 5.91. The van der Waals surface area contributed by atoms with E-state index in [2.05, 4.69) is 9.97 Å².